The second-order valence-electron chi connectivity index (χ2n) is 8.48. The Labute approximate surface area is 206 Å². The normalized spacial score (nSPS) is 15.1. The minimum Gasteiger partial charge on any atom is -0.493 e. The first-order valence-electron chi connectivity index (χ1n) is 11.6. The molecule has 0 radical (unpaired) electrons. The highest BCUT2D eigenvalue weighted by Gasteiger charge is 2.29. The van der Waals surface area contributed by atoms with E-state index in [0.717, 1.165) is 16.3 Å². The summed E-state index contributed by atoms with van der Waals surface area (Å²) in [5.74, 6) is 1.26. The van der Waals surface area contributed by atoms with E-state index in [4.69, 9.17) is 9.47 Å². The maximum atomic E-state index is 13.1. The molecule has 1 heterocycles. The van der Waals surface area contributed by atoms with Crippen LogP contribution < -0.4 is 14.8 Å². The lowest BCUT2D eigenvalue weighted by Crippen LogP contribution is -2.51. The third kappa shape index (κ3) is 5.93. The van der Waals surface area contributed by atoms with Gasteiger partial charge in [-0.1, -0.05) is 36.4 Å². The van der Waals surface area contributed by atoms with Crippen molar-refractivity contribution in [2.45, 2.75) is 11.3 Å². The molecule has 0 unspecified atom stereocenters. The van der Waals surface area contributed by atoms with Crippen LogP contribution in [0.4, 0.5) is 0 Å². The van der Waals surface area contributed by atoms with Crippen molar-refractivity contribution in [2.24, 2.45) is 0 Å². The fraction of sp³-hybridized carbons (Fsp3) is 0.346. The summed E-state index contributed by atoms with van der Waals surface area (Å²) in [5, 5.41) is 4.85. The zero-order chi connectivity index (χ0) is 24.8. The number of carbonyl (C=O) groups excluding carboxylic acids is 1. The fourth-order valence-electron chi connectivity index (χ4n) is 4.25. The van der Waals surface area contributed by atoms with E-state index in [1.54, 1.807) is 26.4 Å². The summed E-state index contributed by atoms with van der Waals surface area (Å²) in [6.07, 6.45) is 0.671. The topological polar surface area (TPSA) is 88.2 Å². The molecule has 1 amide bonds. The van der Waals surface area contributed by atoms with Crippen LogP contribution >= 0.6 is 0 Å². The number of benzene rings is 3. The summed E-state index contributed by atoms with van der Waals surface area (Å²) in [6, 6.07) is 18.6. The van der Waals surface area contributed by atoms with Crippen LogP contribution in [0.25, 0.3) is 10.8 Å². The van der Waals surface area contributed by atoms with Gasteiger partial charge in [-0.3, -0.25) is 9.69 Å². The van der Waals surface area contributed by atoms with E-state index in [2.05, 4.69) is 5.32 Å². The van der Waals surface area contributed by atoms with Gasteiger partial charge in [-0.05, 0) is 47.0 Å². The van der Waals surface area contributed by atoms with Crippen LogP contribution in [0.2, 0.25) is 0 Å². The summed E-state index contributed by atoms with van der Waals surface area (Å²) in [5.41, 5.74) is 1.04. The molecule has 4 rings (SSSR count). The Morgan fingerprint density at radius 3 is 2.31 bits per heavy atom. The van der Waals surface area contributed by atoms with E-state index < -0.39 is 10.0 Å². The number of hydrogen-bond donors (Lipinski definition) is 1. The Morgan fingerprint density at radius 2 is 1.60 bits per heavy atom. The van der Waals surface area contributed by atoms with Crippen LogP contribution in [0.15, 0.2) is 65.6 Å². The zero-order valence-corrected chi connectivity index (χ0v) is 20.9. The first-order valence-corrected chi connectivity index (χ1v) is 13.0. The lowest BCUT2D eigenvalue weighted by atomic mass is 10.1. The average Bonchev–Trinajstić information content (AvgIpc) is 2.88. The number of carbonyl (C=O) groups is 1. The van der Waals surface area contributed by atoms with Crippen molar-refractivity contribution in [1.29, 1.82) is 0 Å². The Hall–Kier alpha value is -3.14. The number of nitrogens with zero attached hydrogens (tertiary/aromatic N) is 2. The first-order chi connectivity index (χ1) is 16.9. The summed E-state index contributed by atoms with van der Waals surface area (Å²) < 4.78 is 38.3. The number of amides is 1. The molecule has 0 aliphatic carbocycles. The van der Waals surface area contributed by atoms with E-state index in [-0.39, 0.29) is 12.5 Å². The lowest BCUT2D eigenvalue weighted by Gasteiger charge is -2.33. The Morgan fingerprint density at radius 1 is 0.886 bits per heavy atom. The van der Waals surface area contributed by atoms with Gasteiger partial charge >= 0.3 is 0 Å². The van der Waals surface area contributed by atoms with Crippen LogP contribution in [-0.2, 0) is 21.2 Å². The van der Waals surface area contributed by atoms with Crippen molar-refractivity contribution in [3.8, 4) is 11.5 Å². The molecule has 9 heteroatoms. The molecule has 0 spiro atoms. The van der Waals surface area contributed by atoms with Gasteiger partial charge in [0.05, 0.1) is 25.7 Å². The quantitative estimate of drug-likeness (QED) is 0.489. The van der Waals surface area contributed by atoms with Crippen molar-refractivity contribution in [1.82, 2.24) is 14.5 Å². The molecule has 3 aromatic rings. The molecule has 1 saturated heterocycles. The van der Waals surface area contributed by atoms with E-state index in [0.29, 0.717) is 55.5 Å². The molecule has 3 aromatic carbocycles. The van der Waals surface area contributed by atoms with Gasteiger partial charge in [-0.2, -0.15) is 4.31 Å². The summed E-state index contributed by atoms with van der Waals surface area (Å²) in [7, 11) is -0.387. The number of sulfonamides is 1. The maximum absolute atomic E-state index is 13.1. The number of hydrogen-bond acceptors (Lipinski definition) is 6. The monoisotopic (exact) mass is 497 g/mol. The van der Waals surface area contributed by atoms with E-state index in [1.165, 1.54) is 4.31 Å². The van der Waals surface area contributed by atoms with Gasteiger partial charge in [0.1, 0.15) is 0 Å². The van der Waals surface area contributed by atoms with E-state index in [9.17, 15) is 13.2 Å². The van der Waals surface area contributed by atoms with Crippen LogP contribution in [0, 0.1) is 0 Å². The molecule has 186 valence electrons. The SMILES string of the molecule is COc1ccc(CCNC(=O)CN2CCN(S(=O)(=O)c3ccc4ccccc4c3)CC2)cc1OC. The number of fused-ring (bicyclic) bond motifs is 1. The predicted octanol–water partition coefficient (Wildman–Crippen LogP) is 2.52. The number of rotatable bonds is 9. The highest BCUT2D eigenvalue weighted by atomic mass is 32.2. The minimum absolute atomic E-state index is 0.0729. The second kappa shape index (κ2) is 11.1. The summed E-state index contributed by atoms with van der Waals surface area (Å²) in [6.45, 7) is 2.48. The third-order valence-electron chi connectivity index (χ3n) is 6.24. The lowest BCUT2D eigenvalue weighted by molar-refractivity contribution is -0.122. The standard InChI is InChI=1S/C26H31N3O5S/c1-33-24-10-7-20(17-25(24)34-2)11-12-27-26(30)19-28-13-15-29(16-14-28)35(31,32)23-9-8-21-5-3-4-6-22(21)18-23/h3-10,17-18H,11-16,19H2,1-2H3,(H,27,30). The Bertz CT molecular complexity index is 1290. The molecule has 1 aliphatic rings. The molecule has 35 heavy (non-hydrogen) atoms. The largest absolute Gasteiger partial charge is 0.493 e. The van der Waals surface area contributed by atoms with Crippen molar-refractivity contribution in [3.63, 3.8) is 0 Å². The molecular formula is C26H31N3O5S. The van der Waals surface area contributed by atoms with Gasteiger partial charge < -0.3 is 14.8 Å². The van der Waals surface area contributed by atoms with Crippen molar-refractivity contribution in [2.75, 3.05) is 53.5 Å². The van der Waals surface area contributed by atoms with Crippen LogP contribution in [-0.4, -0.2) is 77.0 Å². The van der Waals surface area contributed by atoms with Gasteiger partial charge in [-0.15, -0.1) is 0 Å². The van der Waals surface area contributed by atoms with Crippen LogP contribution in [0.5, 0.6) is 11.5 Å². The van der Waals surface area contributed by atoms with Crippen molar-refractivity contribution in [3.05, 3.63) is 66.2 Å². The Balaban J connectivity index is 1.25. The van der Waals surface area contributed by atoms with E-state index in [1.807, 2.05) is 53.4 Å². The van der Waals surface area contributed by atoms with E-state index >= 15 is 0 Å². The number of ether oxygens (including phenoxy) is 2. The highest BCUT2D eigenvalue weighted by molar-refractivity contribution is 7.89. The molecule has 0 saturated carbocycles. The molecule has 1 fully saturated rings. The number of nitrogens with one attached hydrogen (secondary N) is 1. The molecule has 0 atom stereocenters. The fourth-order valence-corrected chi connectivity index (χ4v) is 5.70. The van der Waals surface area contributed by atoms with Crippen molar-refractivity contribution >= 4 is 26.7 Å². The van der Waals surface area contributed by atoms with Gasteiger partial charge in [0.15, 0.2) is 11.5 Å². The molecule has 1 N–H and O–H groups in total. The third-order valence-corrected chi connectivity index (χ3v) is 8.14. The molecule has 0 aromatic heterocycles. The van der Waals surface area contributed by atoms with Gasteiger partial charge in [-0.25, -0.2) is 8.42 Å². The minimum atomic E-state index is -3.57. The average molecular weight is 498 g/mol. The predicted molar refractivity (Wildman–Crippen MR) is 135 cm³/mol. The molecule has 0 bridgehead atoms. The summed E-state index contributed by atoms with van der Waals surface area (Å²) in [4.78, 5) is 14.7. The van der Waals surface area contributed by atoms with Crippen LogP contribution in [0.1, 0.15) is 5.56 Å². The Kier molecular flexibility index (Phi) is 7.90. The molecule has 1 aliphatic heterocycles. The van der Waals surface area contributed by atoms with Gasteiger partial charge in [0, 0.05) is 32.7 Å². The molecule has 8 nitrogen and oxygen atoms in total. The second-order valence-corrected chi connectivity index (χ2v) is 10.4. The maximum Gasteiger partial charge on any atom is 0.243 e. The molecular weight excluding hydrogens is 466 g/mol. The van der Waals surface area contributed by atoms with Crippen molar-refractivity contribution < 1.29 is 22.7 Å². The zero-order valence-electron chi connectivity index (χ0n) is 20.1. The van der Waals surface area contributed by atoms with Gasteiger partial charge in [0.2, 0.25) is 15.9 Å². The van der Waals surface area contributed by atoms with Gasteiger partial charge in [0.25, 0.3) is 0 Å². The number of piperazine rings is 1. The highest BCUT2D eigenvalue weighted by Crippen LogP contribution is 2.27. The first kappa shape index (κ1) is 25.0. The van der Waals surface area contributed by atoms with Crippen LogP contribution in [0.3, 0.4) is 0 Å². The number of methoxy groups -OCH3 is 2. The smallest absolute Gasteiger partial charge is 0.243 e. The summed E-state index contributed by atoms with van der Waals surface area (Å²) >= 11 is 0.